The molecule has 0 saturated heterocycles. The molecule has 1 aliphatic rings. The van der Waals surface area contributed by atoms with Gasteiger partial charge in [-0.2, -0.15) is 4.98 Å². The number of alkyl carbamates (subject to hydrolysis) is 1. The number of hydrogen-bond donors (Lipinski definition) is 2. The van der Waals surface area contributed by atoms with E-state index in [0.29, 0.717) is 11.7 Å². The predicted molar refractivity (Wildman–Crippen MR) is 98.3 cm³/mol. The molecule has 0 spiro atoms. The molecular formula is C16H24BrClN4O2. The van der Waals surface area contributed by atoms with Gasteiger partial charge in [-0.05, 0) is 79.9 Å². The van der Waals surface area contributed by atoms with Crippen molar-refractivity contribution in [3.63, 3.8) is 0 Å². The Balaban J connectivity index is 1.73. The van der Waals surface area contributed by atoms with E-state index in [1.54, 1.807) is 6.20 Å². The Morgan fingerprint density at radius 3 is 2.67 bits per heavy atom. The van der Waals surface area contributed by atoms with Gasteiger partial charge in [-0.25, -0.2) is 9.78 Å². The van der Waals surface area contributed by atoms with E-state index in [1.807, 2.05) is 20.8 Å². The largest absolute Gasteiger partial charge is 0.444 e. The molecule has 1 heterocycles. The Hall–Kier alpha value is -1.08. The van der Waals surface area contributed by atoms with E-state index < -0.39 is 5.60 Å². The summed E-state index contributed by atoms with van der Waals surface area (Å²) >= 11 is 9.22. The van der Waals surface area contributed by atoms with E-state index in [4.69, 9.17) is 16.3 Å². The first-order valence-electron chi connectivity index (χ1n) is 8.14. The lowest BCUT2D eigenvalue weighted by atomic mass is 9.86. The molecule has 0 unspecified atom stereocenters. The molecule has 134 valence electrons. The Kier molecular flexibility index (Phi) is 6.69. The molecule has 1 saturated carbocycles. The highest BCUT2D eigenvalue weighted by Gasteiger charge is 2.24. The molecule has 0 aromatic carbocycles. The van der Waals surface area contributed by atoms with Crippen molar-refractivity contribution in [1.82, 2.24) is 15.3 Å². The molecule has 1 aliphatic carbocycles. The molecule has 1 amide bonds. The third-order valence-electron chi connectivity index (χ3n) is 3.84. The van der Waals surface area contributed by atoms with Gasteiger partial charge in [0.15, 0.2) is 0 Å². The van der Waals surface area contributed by atoms with Crippen LogP contribution in [-0.4, -0.2) is 34.2 Å². The van der Waals surface area contributed by atoms with Gasteiger partial charge in [0.25, 0.3) is 0 Å². The third kappa shape index (κ3) is 6.43. The maximum absolute atomic E-state index is 11.8. The fourth-order valence-electron chi connectivity index (χ4n) is 2.70. The standard InChI is InChI=1S/C16H24BrClN4O2/c1-16(2,3)24-15(23)21-11-6-4-10(5-7-11)8-19-13-12(17)9-20-14(18)22-13/h9-11H,4-8H2,1-3H3,(H,21,23)(H,19,20,22). The van der Waals surface area contributed by atoms with Crippen molar-refractivity contribution >= 4 is 39.4 Å². The lowest BCUT2D eigenvalue weighted by molar-refractivity contribution is 0.0488. The fraction of sp³-hybridized carbons (Fsp3) is 0.688. The summed E-state index contributed by atoms with van der Waals surface area (Å²) in [6.07, 6.45) is 5.31. The molecule has 1 aromatic rings. The first-order valence-corrected chi connectivity index (χ1v) is 9.31. The Labute approximate surface area is 156 Å². The summed E-state index contributed by atoms with van der Waals surface area (Å²) in [5, 5.41) is 6.50. The topological polar surface area (TPSA) is 76.1 Å². The second-order valence-electron chi connectivity index (χ2n) is 7.08. The number of carbonyl (C=O) groups is 1. The molecule has 1 fully saturated rings. The van der Waals surface area contributed by atoms with Gasteiger partial charge in [0.05, 0.1) is 4.47 Å². The summed E-state index contributed by atoms with van der Waals surface area (Å²) in [6.45, 7) is 6.43. The monoisotopic (exact) mass is 418 g/mol. The maximum atomic E-state index is 11.8. The van der Waals surface area contributed by atoms with Crippen LogP contribution in [0.1, 0.15) is 46.5 Å². The molecule has 6 nitrogen and oxygen atoms in total. The highest BCUT2D eigenvalue weighted by atomic mass is 79.9. The first-order chi connectivity index (χ1) is 11.2. The van der Waals surface area contributed by atoms with Crippen molar-refractivity contribution in [1.29, 1.82) is 0 Å². The van der Waals surface area contributed by atoms with Crippen LogP contribution >= 0.6 is 27.5 Å². The van der Waals surface area contributed by atoms with Gasteiger partial charge >= 0.3 is 6.09 Å². The summed E-state index contributed by atoms with van der Waals surface area (Å²) in [6, 6.07) is 0.191. The molecule has 0 radical (unpaired) electrons. The molecule has 2 rings (SSSR count). The lowest BCUT2D eigenvalue weighted by Gasteiger charge is -2.30. The van der Waals surface area contributed by atoms with E-state index in [9.17, 15) is 4.79 Å². The summed E-state index contributed by atoms with van der Waals surface area (Å²) in [5.41, 5.74) is -0.461. The van der Waals surface area contributed by atoms with Crippen molar-refractivity contribution in [2.24, 2.45) is 5.92 Å². The molecule has 0 bridgehead atoms. The Morgan fingerprint density at radius 1 is 1.38 bits per heavy atom. The SMILES string of the molecule is CC(C)(C)OC(=O)NC1CCC(CNc2nc(Cl)ncc2Br)CC1. The van der Waals surface area contributed by atoms with Crippen molar-refractivity contribution in [2.75, 3.05) is 11.9 Å². The van der Waals surface area contributed by atoms with Crippen LogP contribution in [0.5, 0.6) is 0 Å². The van der Waals surface area contributed by atoms with Gasteiger partial charge in [-0.3, -0.25) is 0 Å². The van der Waals surface area contributed by atoms with E-state index in [1.165, 1.54) is 0 Å². The van der Waals surface area contributed by atoms with Crippen LogP contribution in [0.4, 0.5) is 10.6 Å². The van der Waals surface area contributed by atoms with Crippen LogP contribution in [0.2, 0.25) is 5.28 Å². The van der Waals surface area contributed by atoms with E-state index >= 15 is 0 Å². The van der Waals surface area contributed by atoms with E-state index in [0.717, 1.165) is 36.7 Å². The smallest absolute Gasteiger partial charge is 0.407 e. The summed E-state index contributed by atoms with van der Waals surface area (Å²) in [7, 11) is 0. The van der Waals surface area contributed by atoms with Crippen molar-refractivity contribution < 1.29 is 9.53 Å². The molecule has 2 N–H and O–H groups in total. The van der Waals surface area contributed by atoms with Crippen molar-refractivity contribution in [3.8, 4) is 0 Å². The van der Waals surface area contributed by atoms with Gasteiger partial charge < -0.3 is 15.4 Å². The Morgan fingerprint density at radius 2 is 2.04 bits per heavy atom. The zero-order valence-electron chi connectivity index (χ0n) is 14.2. The van der Waals surface area contributed by atoms with Crippen LogP contribution in [-0.2, 0) is 4.74 Å². The summed E-state index contributed by atoms with van der Waals surface area (Å²) in [5.74, 6) is 1.26. The fourth-order valence-corrected chi connectivity index (χ4v) is 3.16. The molecular weight excluding hydrogens is 396 g/mol. The number of nitrogens with zero attached hydrogens (tertiary/aromatic N) is 2. The second kappa shape index (κ2) is 8.34. The highest BCUT2D eigenvalue weighted by Crippen LogP contribution is 2.26. The van der Waals surface area contributed by atoms with E-state index in [-0.39, 0.29) is 17.4 Å². The van der Waals surface area contributed by atoms with Gasteiger partial charge in [-0.1, -0.05) is 0 Å². The average Bonchev–Trinajstić information content (AvgIpc) is 2.47. The molecule has 24 heavy (non-hydrogen) atoms. The van der Waals surface area contributed by atoms with Gasteiger partial charge in [0.2, 0.25) is 5.28 Å². The molecule has 1 aromatic heterocycles. The zero-order valence-corrected chi connectivity index (χ0v) is 16.6. The quantitative estimate of drug-likeness (QED) is 0.708. The van der Waals surface area contributed by atoms with Crippen LogP contribution in [0.3, 0.4) is 0 Å². The maximum Gasteiger partial charge on any atom is 0.407 e. The number of amides is 1. The number of hydrogen-bond acceptors (Lipinski definition) is 5. The highest BCUT2D eigenvalue weighted by molar-refractivity contribution is 9.10. The molecule has 8 heteroatoms. The van der Waals surface area contributed by atoms with E-state index in [2.05, 4.69) is 36.5 Å². The minimum absolute atomic E-state index is 0.191. The summed E-state index contributed by atoms with van der Waals surface area (Å²) < 4.78 is 6.10. The molecule has 0 aliphatic heterocycles. The number of anilines is 1. The van der Waals surface area contributed by atoms with Crippen LogP contribution < -0.4 is 10.6 Å². The van der Waals surface area contributed by atoms with Crippen LogP contribution in [0.15, 0.2) is 10.7 Å². The number of aromatic nitrogens is 2. The first kappa shape index (κ1) is 19.2. The second-order valence-corrected chi connectivity index (χ2v) is 8.27. The van der Waals surface area contributed by atoms with Gasteiger partial charge in [0.1, 0.15) is 11.4 Å². The third-order valence-corrected chi connectivity index (χ3v) is 4.60. The molecule has 0 atom stereocenters. The number of carbonyl (C=O) groups excluding carboxylic acids is 1. The predicted octanol–water partition coefficient (Wildman–Crippen LogP) is 4.39. The van der Waals surface area contributed by atoms with Crippen molar-refractivity contribution in [3.05, 3.63) is 16.0 Å². The van der Waals surface area contributed by atoms with Crippen LogP contribution in [0, 0.1) is 5.92 Å². The number of halogens is 2. The lowest BCUT2D eigenvalue weighted by Crippen LogP contribution is -2.41. The average molecular weight is 420 g/mol. The normalized spacial score (nSPS) is 21.2. The number of nitrogens with one attached hydrogen (secondary N) is 2. The van der Waals surface area contributed by atoms with Gasteiger partial charge in [-0.15, -0.1) is 0 Å². The number of rotatable bonds is 4. The Bertz CT molecular complexity index is 572. The zero-order chi connectivity index (χ0) is 17.7. The summed E-state index contributed by atoms with van der Waals surface area (Å²) in [4.78, 5) is 19.9. The minimum Gasteiger partial charge on any atom is -0.444 e. The van der Waals surface area contributed by atoms with Gasteiger partial charge in [0, 0.05) is 18.8 Å². The van der Waals surface area contributed by atoms with Crippen LogP contribution in [0.25, 0.3) is 0 Å². The minimum atomic E-state index is -0.461. The number of ether oxygens (including phenoxy) is 1. The van der Waals surface area contributed by atoms with Crippen molar-refractivity contribution in [2.45, 2.75) is 58.1 Å².